The standard InChI is InChI=1S/C13H21N3/c1-12-5-2-8-15-13(12)11-16-9-3-6-14-7-4-10-16/h2,5,8,14H,3-4,6-7,9-11H2,1H3. The average Bonchev–Trinajstić information content (AvgIpc) is 2.24. The van der Waals surface area contributed by atoms with Crippen molar-refractivity contribution >= 4 is 0 Å². The highest BCUT2D eigenvalue weighted by Gasteiger charge is 2.09. The lowest BCUT2D eigenvalue weighted by atomic mass is 10.2. The van der Waals surface area contributed by atoms with Gasteiger partial charge in [-0.05, 0) is 57.6 Å². The molecule has 1 saturated heterocycles. The fourth-order valence-electron chi connectivity index (χ4n) is 2.15. The zero-order valence-corrected chi connectivity index (χ0v) is 10.1. The summed E-state index contributed by atoms with van der Waals surface area (Å²) in [6, 6.07) is 4.16. The summed E-state index contributed by atoms with van der Waals surface area (Å²) in [6.07, 6.45) is 4.38. The second-order valence-corrected chi connectivity index (χ2v) is 4.50. The molecule has 0 aliphatic carbocycles. The smallest absolute Gasteiger partial charge is 0.0573 e. The minimum absolute atomic E-state index is 1.01. The normalized spacial score (nSPS) is 19.1. The second-order valence-electron chi connectivity index (χ2n) is 4.50. The van der Waals surface area contributed by atoms with E-state index in [-0.39, 0.29) is 0 Å². The number of rotatable bonds is 2. The predicted octanol–water partition coefficient (Wildman–Crippen LogP) is 1.58. The van der Waals surface area contributed by atoms with Crippen molar-refractivity contribution in [3.63, 3.8) is 0 Å². The van der Waals surface area contributed by atoms with Crippen LogP contribution in [0.4, 0.5) is 0 Å². The van der Waals surface area contributed by atoms with E-state index in [9.17, 15) is 0 Å². The van der Waals surface area contributed by atoms with E-state index in [1.54, 1.807) is 0 Å². The second kappa shape index (κ2) is 5.97. The van der Waals surface area contributed by atoms with E-state index in [0.29, 0.717) is 0 Å². The van der Waals surface area contributed by atoms with Gasteiger partial charge in [-0.2, -0.15) is 0 Å². The first-order valence-electron chi connectivity index (χ1n) is 6.20. The van der Waals surface area contributed by atoms with Gasteiger partial charge in [0, 0.05) is 12.7 Å². The molecule has 0 radical (unpaired) electrons. The molecule has 16 heavy (non-hydrogen) atoms. The Labute approximate surface area is 97.9 Å². The molecule has 88 valence electrons. The van der Waals surface area contributed by atoms with Gasteiger partial charge in [0.2, 0.25) is 0 Å². The van der Waals surface area contributed by atoms with Gasteiger partial charge >= 0.3 is 0 Å². The molecule has 3 nitrogen and oxygen atoms in total. The summed E-state index contributed by atoms with van der Waals surface area (Å²) in [4.78, 5) is 6.99. The van der Waals surface area contributed by atoms with Crippen LogP contribution in [-0.2, 0) is 6.54 Å². The van der Waals surface area contributed by atoms with Crippen LogP contribution in [0.1, 0.15) is 24.1 Å². The fourth-order valence-corrected chi connectivity index (χ4v) is 2.15. The molecule has 3 heteroatoms. The van der Waals surface area contributed by atoms with Crippen LogP contribution in [0.3, 0.4) is 0 Å². The summed E-state index contributed by atoms with van der Waals surface area (Å²) in [5, 5.41) is 3.44. The van der Waals surface area contributed by atoms with Crippen LogP contribution < -0.4 is 5.32 Å². The SMILES string of the molecule is Cc1cccnc1CN1CCCNCCC1. The third-order valence-electron chi connectivity index (χ3n) is 3.15. The Bertz CT molecular complexity index is 317. The summed E-state index contributed by atoms with van der Waals surface area (Å²) in [5.41, 5.74) is 2.54. The van der Waals surface area contributed by atoms with Gasteiger partial charge in [-0.1, -0.05) is 6.07 Å². The Balaban J connectivity index is 1.94. The molecule has 1 N–H and O–H groups in total. The Morgan fingerprint density at radius 1 is 1.31 bits per heavy atom. The third-order valence-corrected chi connectivity index (χ3v) is 3.15. The molecule has 0 unspecified atom stereocenters. The maximum absolute atomic E-state index is 4.47. The van der Waals surface area contributed by atoms with E-state index in [0.717, 1.165) is 19.6 Å². The van der Waals surface area contributed by atoms with Gasteiger partial charge in [-0.25, -0.2) is 0 Å². The van der Waals surface area contributed by atoms with Crippen LogP contribution in [0.5, 0.6) is 0 Å². The van der Waals surface area contributed by atoms with Gasteiger partial charge < -0.3 is 5.32 Å². The first-order valence-corrected chi connectivity index (χ1v) is 6.20. The predicted molar refractivity (Wildman–Crippen MR) is 66.4 cm³/mol. The molecule has 1 aromatic rings. The topological polar surface area (TPSA) is 28.2 Å². The van der Waals surface area contributed by atoms with E-state index in [1.807, 2.05) is 12.3 Å². The molecule has 2 heterocycles. The molecule has 1 fully saturated rings. The molecule has 1 aliphatic heterocycles. The lowest BCUT2D eigenvalue weighted by molar-refractivity contribution is 0.241. The summed E-state index contributed by atoms with van der Waals surface area (Å²) in [5.74, 6) is 0. The van der Waals surface area contributed by atoms with E-state index in [1.165, 1.54) is 37.2 Å². The van der Waals surface area contributed by atoms with Crippen molar-refractivity contribution in [3.8, 4) is 0 Å². The molecule has 0 bridgehead atoms. The molecular formula is C13H21N3. The van der Waals surface area contributed by atoms with Gasteiger partial charge in [-0.3, -0.25) is 9.88 Å². The molecular weight excluding hydrogens is 198 g/mol. The number of aromatic nitrogens is 1. The highest BCUT2D eigenvalue weighted by atomic mass is 15.1. The highest BCUT2D eigenvalue weighted by Crippen LogP contribution is 2.08. The number of nitrogens with zero attached hydrogens (tertiary/aromatic N) is 2. The number of hydrogen-bond acceptors (Lipinski definition) is 3. The number of nitrogens with one attached hydrogen (secondary N) is 1. The van der Waals surface area contributed by atoms with Crippen molar-refractivity contribution in [2.75, 3.05) is 26.2 Å². The van der Waals surface area contributed by atoms with Crippen molar-refractivity contribution in [1.82, 2.24) is 15.2 Å². The lowest BCUT2D eigenvalue weighted by Crippen LogP contribution is -2.33. The maximum Gasteiger partial charge on any atom is 0.0573 e. The van der Waals surface area contributed by atoms with Gasteiger partial charge in [0.15, 0.2) is 0 Å². The molecule has 0 amide bonds. The molecule has 0 aromatic carbocycles. The number of pyridine rings is 1. The molecule has 2 rings (SSSR count). The third kappa shape index (κ3) is 3.29. The quantitative estimate of drug-likeness (QED) is 0.818. The van der Waals surface area contributed by atoms with Crippen LogP contribution in [0.25, 0.3) is 0 Å². The van der Waals surface area contributed by atoms with Gasteiger partial charge in [0.05, 0.1) is 5.69 Å². The minimum Gasteiger partial charge on any atom is -0.317 e. The first kappa shape index (κ1) is 11.6. The summed E-state index contributed by atoms with van der Waals surface area (Å²) < 4.78 is 0. The van der Waals surface area contributed by atoms with Crippen molar-refractivity contribution in [2.45, 2.75) is 26.3 Å². The van der Waals surface area contributed by atoms with E-state index in [4.69, 9.17) is 0 Å². The highest BCUT2D eigenvalue weighted by molar-refractivity contribution is 5.17. The average molecular weight is 219 g/mol. The molecule has 0 saturated carbocycles. The Hall–Kier alpha value is -0.930. The van der Waals surface area contributed by atoms with Gasteiger partial charge in [0.25, 0.3) is 0 Å². The van der Waals surface area contributed by atoms with Crippen molar-refractivity contribution in [3.05, 3.63) is 29.6 Å². The summed E-state index contributed by atoms with van der Waals surface area (Å²) in [6.45, 7) is 7.82. The largest absolute Gasteiger partial charge is 0.317 e. The van der Waals surface area contributed by atoms with E-state index < -0.39 is 0 Å². The summed E-state index contributed by atoms with van der Waals surface area (Å²) >= 11 is 0. The van der Waals surface area contributed by atoms with Gasteiger partial charge in [0.1, 0.15) is 0 Å². The molecule has 1 aliphatic rings. The molecule has 0 spiro atoms. The van der Waals surface area contributed by atoms with Crippen LogP contribution in [0, 0.1) is 6.92 Å². The fraction of sp³-hybridized carbons (Fsp3) is 0.615. The minimum atomic E-state index is 1.01. The Morgan fingerprint density at radius 2 is 2.06 bits per heavy atom. The lowest BCUT2D eigenvalue weighted by Gasteiger charge is -2.24. The molecule has 1 aromatic heterocycles. The molecule has 0 atom stereocenters. The van der Waals surface area contributed by atoms with Crippen LogP contribution in [0.2, 0.25) is 0 Å². The van der Waals surface area contributed by atoms with E-state index >= 15 is 0 Å². The maximum atomic E-state index is 4.47. The van der Waals surface area contributed by atoms with Crippen LogP contribution in [-0.4, -0.2) is 36.1 Å². The van der Waals surface area contributed by atoms with Crippen molar-refractivity contribution in [2.24, 2.45) is 0 Å². The van der Waals surface area contributed by atoms with Gasteiger partial charge in [-0.15, -0.1) is 0 Å². The zero-order chi connectivity index (χ0) is 11.2. The van der Waals surface area contributed by atoms with Crippen LogP contribution >= 0.6 is 0 Å². The Morgan fingerprint density at radius 3 is 2.75 bits per heavy atom. The van der Waals surface area contributed by atoms with E-state index in [2.05, 4.69) is 28.2 Å². The first-order chi connectivity index (χ1) is 7.86. The monoisotopic (exact) mass is 219 g/mol. The van der Waals surface area contributed by atoms with Crippen LogP contribution in [0.15, 0.2) is 18.3 Å². The number of aryl methyl sites for hydroxylation is 1. The van der Waals surface area contributed by atoms with Crippen molar-refractivity contribution < 1.29 is 0 Å². The zero-order valence-electron chi connectivity index (χ0n) is 10.1. The summed E-state index contributed by atoms with van der Waals surface area (Å²) in [7, 11) is 0. The Kier molecular flexibility index (Phi) is 4.31. The van der Waals surface area contributed by atoms with Crippen molar-refractivity contribution in [1.29, 1.82) is 0 Å². The number of hydrogen-bond donors (Lipinski definition) is 1.